The van der Waals surface area contributed by atoms with Crippen LogP contribution in [0.3, 0.4) is 0 Å². The molecule has 0 spiro atoms. The van der Waals surface area contributed by atoms with Crippen molar-refractivity contribution in [3.05, 3.63) is 23.4 Å². The Morgan fingerprint density at radius 1 is 1.37 bits per heavy atom. The van der Waals surface area contributed by atoms with Gasteiger partial charge in [0.2, 0.25) is 0 Å². The van der Waals surface area contributed by atoms with E-state index in [-0.39, 0.29) is 11.7 Å². The highest BCUT2D eigenvalue weighted by Crippen LogP contribution is 2.22. The number of nitrogens with one attached hydrogen (secondary N) is 1. The molecule has 0 bridgehead atoms. The fraction of sp³-hybridized carbons (Fsp3) is 0.500. The number of anilines is 1. The zero-order valence-corrected chi connectivity index (χ0v) is 11.1. The summed E-state index contributed by atoms with van der Waals surface area (Å²) in [6, 6.07) is 2.75. The van der Waals surface area contributed by atoms with Crippen LogP contribution in [0, 0.1) is 5.92 Å². The second-order valence-electron chi connectivity index (χ2n) is 5.17. The van der Waals surface area contributed by atoms with Crippen molar-refractivity contribution in [3.63, 3.8) is 0 Å². The van der Waals surface area contributed by atoms with Crippen molar-refractivity contribution < 1.29 is 14.7 Å². The van der Waals surface area contributed by atoms with E-state index in [1.54, 1.807) is 12.1 Å². The van der Waals surface area contributed by atoms with Gasteiger partial charge in [0.15, 0.2) is 5.78 Å². The first-order valence-corrected chi connectivity index (χ1v) is 6.51. The van der Waals surface area contributed by atoms with E-state index in [0.717, 1.165) is 18.5 Å². The minimum atomic E-state index is -0.898. The number of Topliss-reactive ketones (excluding diaryl/α,β-unsaturated/α-hetero) is 1. The molecular formula is C14H18N2O3. The van der Waals surface area contributed by atoms with Gasteiger partial charge in [-0.2, -0.15) is 0 Å². The number of carbonyl (C=O) groups is 2. The lowest BCUT2D eigenvalue weighted by Gasteiger charge is -2.20. The number of hydrogen-bond donors (Lipinski definition) is 2. The first-order chi connectivity index (χ1) is 8.99. The molecule has 19 heavy (non-hydrogen) atoms. The number of nitrogens with zero attached hydrogens (tertiary/aromatic N) is 1. The van der Waals surface area contributed by atoms with Gasteiger partial charge in [0, 0.05) is 12.0 Å². The molecule has 5 heteroatoms. The maximum absolute atomic E-state index is 11.7. The van der Waals surface area contributed by atoms with Crippen molar-refractivity contribution in [2.24, 2.45) is 5.92 Å². The lowest BCUT2D eigenvalue weighted by Crippen LogP contribution is -2.34. The van der Waals surface area contributed by atoms with E-state index in [4.69, 9.17) is 5.11 Å². The fourth-order valence-electron chi connectivity index (χ4n) is 2.25. The monoisotopic (exact) mass is 262 g/mol. The molecular weight excluding hydrogens is 244 g/mol. The normalized spacial score (nSPS) is 16.1. The van der Waals surface area contributed by atoms with E-state index < -0.39 is 12.0 Å². The molecule has 0 amide bonds. The van der Waals surface area contributed by atoms with E-state index in [0.29, 0.717) is 17.8 Å². The first-order valence-electron chi connectivity index (χ1n) is 6.51. The Morgan fingerprint density at radius 2 is 2.11 bits per heavy atom. The van der Waals surface area contributed by atoms with Gasteiger partial charge in [-0.05, 0) is 30.9 Å². The minimum Gasteiger partial charge on any atom is -0.480 e. The van der Waals surface area contributed by atoms with Gasteiger partial charge in [-0.1, -0.05) is 13.8 Å². The molecule has 102 valence electrons. The zero-order chi connectivity index (χ0) is 14.0. The minimum absolute atomic E-state index is 0.0445. The predicted molar refractivity (Wildman–Crippen MR) is 71.4 cm³/mol. The summed E-state index contributed by atoms with van der Waals surface area (Å²) in [6.07, 6.45) is 2.16. The number of carbonyl (C=O) groups excluding carboxylic acids is 1. The molecule has 1 aliphatic carbocycles. The summed E-state index contributed by atoms with van der Waals surface area (Å²) in [4.78, 5) is 27.2. The second-order valence-corrected chi connectivity index (χ2v) is 5.17. The zero-order valence-electron chi connectivity index (χ0n) is 11.1. The smallest absolute Gasteiger partial charge is 0.326 e. The molecule has 1 aliphatic rings. The highest BCUT2D eigenvalue weighted by Gasteiger charge is 2.23. The molecule has 5 nitrogen and oxygen atoms in total. The molecule has 1 heterocycles. The van der Waals surface area contributed by atoms with Gasteiger partial charge in [-0.25, -0.2) is 9.78 Å². The summed E-state index contributed by atoms with van der Waals surface area (Å²) in [6.45, 7) is 3.68. The van der Waals surface area contributed by atoms with Gasteiger partial charge in [0.05, 0.1) is 5.69 Å². The number of carboxylic acid groups (broad SMARTS) is 1. The Hall–Kier alpha value is -1.91. The van der Waals surface area contributed by atoms with Crippen molar-refractivity contribution in [3.8, 4) is 0 Å². The van der Waals surface area contributed by atoms with E-state index in [9.17, 15) is 9.59 Å². The summed E-state index contributed by atoms with van der Waals surface area (Å²) in [5.41, 5.74) is 1.45. The lowest BCUT2D eigenvalue weighted by atomic mass is 9.95. The van der Waals surface area contributed by atoms with Crippen molar-refractivity contribution in [1.29, 1.82) is 0 Å². The SMILES string of the molecule is CC(C)[C@@H](Nc1ccc2c(n1)CCCC2=O)C(=O)O. The van der Waals surface area contributed by atoms with Crippen molar-refractivity contribution in [2.75, 3.05) is 5.32 Å². The van der Waals surface area contributed by atoms with E-state index in [1.165, 1.54) is 0 Å². The third-order valence-corrected chi connectivity index (χ3v) is 3.33. The Morgan fingerprint density at radius 3 is 2.74 bits per heavy atom. The van der Waals surface area contributed by atoms with Gasteiger partial charge in [-0.15, -0.1) is 0 Å². The standard InChI is InChI=1S/C14H18N2O3/c1-8(2)13(14(18)19)16-12-7-6-9-10(15-12)4-3-5-11(9)17/h6-8,13H,3-5H2,1-2H3,(H,15,16)(H,18,19)/t13-/m1/s1. The number of pyridine rings is 1. The average Bonchev–Trinajstić information content (AvgIpc) is 2.35. The van der Waals surface area contributed by atoms with E-state index >= 15 is 0 Å². The Bertz CT molecular complexity index is 511. The number of rotatable bonds is 4. The summed E-state index contributed by atoms with van der Waals surface area (Å²) >= 11 is 0. The molecule has 0 unspecified atom stereocenters. The molecule has 0 saturated carbocycles. The van der Waals surface area contributed by atoms with Gasteiger partial charge < -0.3 is 10.4 Å². The molecule has 0 aliphatic heterocycles. The molecule has 1 aromatic rings. The van der Waals surface area contributed by atoms with Gasteiger partial charge in [0.1, 0.15) is 11.9 Å². The Balaban J connectivity index is 2.22. The molecule has 0 fully saturated rings. The topological polar surface area (TPSA) is 79.3 Å². The molecule has 1 aromatic heterocycles. The van der Waals surface area contributed by atoms with Crippen molar-refractivity contribution >= 4 is 17.6 Å². The van der Waals surface area contributed by atoms with Gasteiger partial charge >= 0.3 is 5.97 Å². The summed E-state index contributed by atoms with van der Waals surface area (Å²) in [7, 11) is 0. The molecule has 2 rings (SSSR count). The number of hydrogen-bond acceptors (Lipinski definition) is 4. The van der Waals surface area contributed by atoms with Gasteiger partial charge in [-0.3, -0.25) is 4.79 Å². The first kappa shape index (κ1) is 13.5. The number of fused-ring (bicyclic) bond motifs is 1. The summed E-state index contributed by atoms with van der Waals surface area (Å²) in [5, 5.41) is 12.1. The van der Waals surface area contributed by atoms with Crippen LogP contribution in [0.1, 0.15) is 42.7 Å². The Kier molecular flexibility index (Phi) is 3.83. The van der Waals surface area contributed by atoms with Crippen LogP contribution < -0.4 is 5.32 Å². The van der Waals surface area contributed by atoms with Crippen LogP contribution in [0.2, 0.25) is 0 Å². The van der Waals surface area contributed by atoms with Crippen LogP contribution in [-0.2, 0) is 11.2 Å². The number of aromatic nitrogens is 1. The lowest BCUT2D eigenvalue weighted by molar-refractivity contribution is -0.138. The quantitative estimate of drug-likeness (QED) is 0.868. The van der Waals surface area contributed by atoms with Crippen molar-refractivity contribution in [2.45, 2.75) is 39.2 Å². The maximum Gasteiger partial charge on any atom is 0.326 e. The van der Waals surface area contributed by atoms with Gasteiger partial charge in [0.25, 0.3) is 0 Å². The molecule has 0 aromatic carbocycles. The summed E-state index contributed by atoms with van der Waals surface area (Å²) < 4.78 is 0. The third-order valence-electron chi connectivity index (χ3n) is 3.33. The second kappa shape index (κ2) is 5.38. The summed E-state index contributed by atoms with van der Waals surface area (Å²) in [5.74, 6) is -0.295. The van der Waals surface area contributed by atoms with Crippen LogP contribution in [0.4, 0.5) is 5.82 Å². The maximum atomic E-state index is 11.7. The molecule has 2 N–H and O–H groups in total. The van der Waals surface area contributed by atoms with Crippen LogP contribution in [0.5, 0.6) is 0 Å². The Labute approximate surface area is 112 Å². The van der Waals surface area contributed by atoms with Crippen LogP contribution in [-0.4, -0.2) is 27.9 Å². The molecule has 0 radical (unpaired) electrons. The highest BCUT2D eigenvalue weighted by atomic mass is 16.4. The average molecular weight is 262 g/mol. The molecule has 1 atom stereocenters. The third kappa shape index (κ3) is 2.92. The van der Waals surface area contributed by atoms with Crippen LogP contribution in [0.15, 0.2) is 12.1 Å². The van der Waals surface area contributed by atoms with Crippen LogP contribution >= 0.6 is 0 Å². The molecule has 0 saturated heterocycles. The van der Waals surface area contributed by atoms with E-state index in [2.05, 4.69) is 10.3 Å². The van der Waals surface area contributed by atoms with Crippen LogP contribution in [0.25, 0.3) is 0 Å². The predicted octanol–water partition coefficient (Wildman–Crippen LogP) is 2.12. The number of carboxylic acids is 1. The van der Waals surface area contributed by atoms with E-state index in [1.807, 2.05) is 13.8 Å². The number of ketones is 1. The largest absolute Gasteiger partial charge is 0.480 e. The van der Waals surface area contributed by atoms with Crippen molar-refractivity contribution in [1.82, 2.24) is 4.98 Å². The fourth-order valence-corrected chi connectivity index (χ4v) is 2.25. The highest BCUT2D eigenvalue weighted by molar-refractivity contribution is 5.98. The number of aliphatic carboxylic acids is 1. The number of aryl methyl sites for hydroxylation is 1.